The van der Waals surface area contributed by atoms with Gasteiger partial charge in [0, 0.05) is 13.1 Å². The molecule has 1 aliphatic rings. The van der Waals surface area contributed by atoms with Gasteiger partial charge in [0.25, 0.3) is 0 Å². The van der Waals surface area contributed by atoms with E-state index in [4.69, 9.17) is 4.74 Å². The molecule has 0 spiro atoms. The highest BCUT2D eigenvalue weighted by molar-refractivity contribution is 5.67. The molecule has 18 heavy (non-hydrogen) atoms. The zero-order valence-electron chi connectivity index (χ0n) is 10.6. The van der Waals surface area contributed by atoms with Crippen molar-refractivity contribution in [2.24, 2.45) is 5.92 Å². The first-order valence-electron chi connectivity index (χ1n) is 6.30. The highest BCUT2D eigenvalue weighted by Crippen LogP contribution is 2.17. The Morgan fingerprint density at radius 2 is 2.17 bits per heavy atom. The number of piperidine rings is 1. The number of ether oxygens (including phenoxy) is 1. The van der Waals surface area contributed by atoms with Crippen molar-refractivity contribution >= 4 is 6.09 Å². The van der Waals surface area contributed by atoms with Gasteiger partial charge in [-0.3, -0.25) is 0 Å². The second-order valence-electron chi connectivity index (χ2n) is 4.82. The van der Waals surface area contributed by atoms with Crippen molar-refractivity contribution < 1.29 is 14.6 Å². The molecule has 1 heterocycles. The molecule has 1 aromatic carbocycles. The van der Waals surface area contributed by atoms with Crippen LogP contribution in [0.1, 0.15) is 18.9 Å². The SMILES string of the molecule is CC1CN(C(=O)OCc2ccccc2)CCC1O. The van der Waals surface area contributed by atoms with E-state index in [0.717, 1.165) is 5.56 Å². The molecule has 4 heteroatoms. The predicted molar refractivity (Wildman–Crippen MR) is 68.0 cm³/mol. The van der Waals surface area contributed by atoms with Crippen LogP contribution in [0.15, 0.2) is 30.3 Å². The number of amides is 1. The van der Waals surface area contributed by atoms with Crippen molar-refractivity contribution in [2.45, 2.75) is 26.1 Å². The van der Waals surface area contributed by atoms with Gasteiger partial charge in [-0.25, -0.2) is 4.79 Å². The molecule has 0 bridgehead atoms. The van der Waals surface area contributed by atoms with Gasteiger partial charge in [0.2, 0.25) is 0 Å². The maximum absolute atomic E-state index is 11.8. The maximum Gasteiger partial charge on any atom is 0.410 e. The minimum absolute atomic E-state index is 0.114. The van der Waals surface area contributed by atoms with Crippen molar-refractivity contribution in [3.63, 3.8) is 0 Å². The first-order valence-corrected chi connectivity index (χ1v) is 6.30. The Kier molecular flexibility index (Phi) is 4.20. The molecule has 0 aromatic heterocycles. The summed E-state index contributed by atoms with van der Waals surface area (Å²) in [5.41, 5.74) is 0.982. The van der Waals surface area contributed by atoms with E-state index in [1.807, 2.05) is 37.3 Å². The van der Waals surface area contributed by atoms with Gasteiger partial charge in [0.15, 0.2) is 0 Å². The van der Waals surface area contributed by atoms with Gasteiger partial charge >= 0.3 is 6.09 Å². The van der Waals surface area contributed by atoms with Crippen molar-refractivity contribution in [1.82, 2.24) is 4.90 Å². The van der Waals surface area contributed by atoms with Crippen LogP contribution < -0.4 is 0 Å². The zero-order valence-corrected chi connectivity index (χ0v) is 10.6. The monoisotopic (exact) mass is 249 g/mol. The smallest absolute Gasteiger partial charge is 0.410 e. The molecule has 1 fully saturated rings. The molecule has 1 saturated heterocycles. The van der Waals surface area contributed by atoms with E-state index in [2.05, 4.69) is 0 Å². The normalized spacial score (nSPS) is 23.8. The third-order valence-corrected chi connectivity index (χ3v) is 3.32. The molecule has 1 aliphatic heterocycles. The Morgan fingerprint density at radius 1 is 1.44 bits per heavy atom. The van der Waals surface area contributed by atoms with Gasteiger partial charge in [0.05, 0.1) is 6.10 Å². The minimum atomic E-state index is -0.303. The molecular weight excluding hydrogens is 230 g/mol. The number of hydrogen-bond acceptors (Lipinski definition) is 3. The van der Waals surface area contributed by atoms with E-state index < -0.39 is 0 Å². The van der Waals surface area contributed by atoms with Gasteiger partial charge in [-0.2, -0.15) is 0 Å². The Labute approximate surface area is 107 Å². The summed E-state index contributed by atoms with van der Waals surface area (Å²) in [4.78, 5) is 13.5. The van der Waals surface area contributed by atoms with Gasteiger partial charge in [-0.1, -0.05) is 37.3 Å². The summed E-state index contributed by atoms with van der Waals surface area (Å²) in [7, 11) is 0. The topological polar surface area (TPSA) is 49.8 Å². The highest BCUT2D eigenvalue weighted by Gasteiger charge is 2.27. The number of benzene rings is 1. The third-order valence-electron chi connectivity index (χ3n) is 3.32. The highest BCUT2D eigenvalue weighted by atomic mass is 16.6. The average Bonchev–Trinajstić information content (AvgIpc) is 2.40. The van der Waals surface area contributed by atoms with Crippen LogP contribution in [0, 0.1) is 5.92 Å². The van der Waals surface area contributed by atoms with E-state index in [1.165, 1.54) is 0 Å². The summed E-state index contributed by atoms with van der Waals surface area (Å²) in [5, 5.41) is 9.61. The van der Waals surface area contributed by atoms with Crippen LogP contribution in [0.2, 0.25) is 0 Å². The lowest BCUT2D eigenvalue weighted by Gasteiger charge is -2.33. The van der Waals surface area contributed by atoms with E-state index in [-0.39, 0.29) is 18.1 Å². The number of likely N-dealkylation sites (tertiary alicyclic amines) is 1. The lowest BCUT2D eigenvalue weighted by Crippen LogP contribution is -2.45. The van der Waals surface area contributed by atoms with Gasteiger partial charge in [-0.05, 0) is 17.9 Å². The molecule has 1 amide bonds. The summed E-state index contributed by atoms with van der Waals surface area (Å²) in [5.74, 6) is 0.114. The number of aliphatic hydroxyl groups is 1. The fourth-order valence-electron chi connectivity index (χ4n) is 2.11. The van der Waals surface area contributed by atoms with Gasteiger partial charge in [-0.15, -0.1) is 0 Å². The predicted octanol–water partition coefficient (Wildman–Crippen LogP) is 2.03. The first-order chi connectivity index (χ1) is 8.66. The molecule has 2 unspecified atom stereocenters. The van der Waals surface area contributed by atoms with Crippen LogP contribution in [-0.2, 0) is 11.3 Å². The fraction of sp³-hybridized carbons (Fsp3) is 0.500. The fourth-order valence-corrected chi connectivity index (χ4v) is 2.11. The van der Waals surface area contributed by atoms with Crippen LogP contribution in [0.3, 0.4) is 0 Å². The number of aliphatic hydroxyl groups excluding tert-OH is 1. The van der Waals surface area contributed by atoms with Gasteiger partial charge < -0.3 is 14.7 Å². The molecule has 0 aliphatic carbocycles. The molecule has 0 radical (unpaired) electrons. The second-order valence-corrected chi connectivity index (χ2v) is 4.82. The van der Waals surface area contributed by atoms with Crippen molar-refractivity contribution in [1.29, 1.82) is 0 Å². The number of carbonyl (C=O) groups excluding carboxylic acids is 1. The summed E-state index contributed by atoms with van der Waals surface area (Å²) in [6.45, 7) is 3.38. The van der Waals surface area contributed by atoms with Crippen LogP contribution in [0.25, 0.3) is 0 Å². The third kappa shape index (κ3) is 3.23. The van der Waals surface area contributed by atoms with Crippen molar-refractivity contribution in [3.05, 3.63) is 35.9 Å². The van der Waals surface area contributed by atoms with E-state index in [1.54, 1.807) is 4.90 Å². The lowest BCUT2D eigenvalue weighted by molar-refractivity contribution is 0.0248. The molecule has 1 aromatic rings. The molecule has 2 atom stereocenters. The van der Waals surface area contributed by atoms with E-state index >= 15 is 0 Å². The molecule has 1 N–H and O–H groups in total. The first kappa shape index (κ1) is 12.9. The summed E-state index contributed by atoms with van der Waals surface area (Å²) >= 11 is 0. The number of nitrogens with zero attached hydrogens (tertiary/aromatic N) is 1. The average molecular weight is 249 g/mol. The molecule has 98 valence electrons. The van der Waals surface area contributed by atoms with Crippen LogP contribution >= 0.6 is 0 Å². The summed E-state index contributed by atoms with van der Waals surface area (Å²) in [6, 6.07) is 9.62. The van der Waals surface area contributed by atoms with Crippen molar-refractivity contribution in [3.8, 4) is 0 Å². The Hall–Kier alpha value is -1.55. The molecular formula is C14H19NO3. The number of hydrogen-bond donors (Lipinski definition) is 1. The standard InChI is InChI=1S/C14H19NO3/c1-11-9-15(8-7-13(11)16)14(17)18-10-12-5-3-2-4-6-12/h2-6,11,13,16H,7-10H2,1H3. The number of carbonyl (C=O) groups is 1. The quantitative estimate of drug-likeness (QED) is 0.872. The Balaban J connectivity index is 1.82. The molecule has 0 saturated carbocycles. The lowest BCUT2D eigenvalue weighted by atomic mass is 9.97. The van der Waals surface area contributed by atoms with Crippen LogP contribution in [-0.4, -0.2) is 35.3 Å². The largest absolute Gasteiger partial charge is 0.445 e. The molecule has 2 rings (SSSR count). The van der Waals surface area contributed by atoms with Gasteiger partial charge in [0.1, 0.15) is 6.61 Å². The van der Waals surface area contributed by atoms with Crippen LogP contribution in [0.5, 0.6) is 0 Å². The second kappa shape index (κ2) is 5.87. The zero-order chi connectivity index (χ0) is 13.0. The number of rotatable bonds is 2. The summed E-state index contributed by atoms with van der Waals surface area (Å²) in [6.07, 6.45) is 0.0301. The Morgan fingerprint density at radius 3 is 2.83 bits per heavy atom. The Bertz CT molecular complexity index is 393. The minimum Gasteiger partial charge on any atom is -0.445 e. The molecule has 4 nitrogen and oxygen atoms in total. The van der Waals surface area contributed by atoms with Crippen molar-refractivity contribution in [2.75, 3.05) is 13.1 Å². The van der Waals surface area contributed by atoms with E-state index in [9.17, 15) is 9.90 Å². The van der Waals surface area contributed by atoms with E-state index in [0.29, 0.717) is 26.1 Å². The summed E-state index contributed by atoms with van der Waals surface area (Å²) < 4.78 is 5.26. The van der Waals surface area contributed by atoms with Crippen LogP contribution in [0.4, 0.5) is 4.79 Å². The maximum atomic E-state index is 11.8.